The Bertz CT molecular complexity index is 1240. The molecule has 0 aliphatic rings. The SMILES string of the molecule is Cc1nn(-c2ccccc2)c(OC(=O)C(C)(C)C)c1S(=O)(=O)c1ccc([N+](=O)[O-])cc1. The first kappa shape index (κ1) is 22.2. The topological polar surface area (TPSA) is 121 Å². The van der Waals surface area contributed by atoms with Crippen molar-refractivity contribution >= 4 is 21.5 Å². The third kappa shape index (κ3) is 4.33. The van der Waals surface area contributed by atoms with Gasteiger partial charge < -0.3 is 4.74 Å². The number of non-ortho nitro benzene ring substituents is 1. The van der Waals surface area contributed by atoms with E-state index in [1.807, 2.05) is 0 Å². The first-order valence-corrected chi connectivity index (χ1v) is 10.8. The Morgan fingerprint density at radius 1 is 1.06 bits per heavy atom. The second-order valence-electron chi connectivity index (χ2n) is 7.86. The standard InChI is InChI=1S/C21H21N3O6S/c1-14-18(31(28,29)17-12-10-16(11-13-17)24(26)27)19(30-20(25)21(2,3)4)23(22-14)15-8-6-5-7-9-15/h5-13H,1-4H3. The predicted molar refractivity (Wildman–Crippen MR) is 112 cm³/mol. The Balaban J connectivity index is 2.22. The minimum absolute atomic E-state index is 0.124. The average Bonchev–Trinajstić information content (AvgIpc) is 3.04. The van der Waals surface area contributed by atoms with E-state index >= 15 is 0 Å². The van der Waals surface area contributed by atoms with Crippen molar-refractivity contribution in [2.45, 2.75) is 37.5 Å². The minimum atomic E-state index is -4.20. The number of carbonyl (C=O) groups excluding carboxylic acids is 1. The van der Waals surface area contributed by atoms with Gasteiger partial charge in [-0.1, -0.05) is 18.2 Å². The van der Waals surface area contributed by atoms with E-state index in [-0.39, 0.29) is 27.1 Å². The molecule has 0 aliphatic carbocycles. The summed E-state index contributed by atoms with van der Waals surface area (Å²) in [5, 5.41) is 15.2. The fraction of sp³-hybridized carbons (Fsp3) is 0.238. The lowest BCUT2D eigenvalue weighted by molar-refractivity contribution is -0.384. The Hall–Kier alpha value is -3.53. The molecule has 1 heterocycles. The summed E-state index contributed by atoms with van der Waals surface area (Å²) in [6.07, 6.45) is 0. The minimum Gasteiger partial charge on any atom is -0.405 e. The van der Waals surface area contributed by atoms with Crippen LogP contribution in [0.5, 0.6) is 5.88 Å². The zero-order valence-electron chi connectivity index (χ0n) is 17.4. The van der Waals surface area contributed by atoms with Crippen molar-refractivity contribution in [2.75, 3.05) is 0 Å². The molecule has 0 amide bonds. The lowest BCUT2D eigenvalue weighted by Gasteiger charge is -2.18. The lowest BCUT2D eigenvalue weighted by Crippen LogP contribution is -2.27. The van der Waals surface area contributed by atoms with E-state index in [4.69, 9.17) is 4.74 Å². The van der Waals surface area contributed by atoms with Gasteiger partial charge in [0.25, 0.3) is 5.69 Å². The Morgan fingerprint density at radius 2 is 1.65 bits per heavy atom. The molecule has 3 rings (SSSR count). The summed E-state index contributed by atoms with van der Waals surface area (Å²) < 4.78 is 33.7. The molecule has 162 valence electrons. The van der Waals surface area contributed by atoms with Gasteiger partial charge in [0, 0.05) is 12.1 Å². The van der Waals surface area contributed by atoms with Crippen LogP contribution in [0.2, 0.25) is 0 Å². The number of esters is 1. The van der Waals surface area contributed by atoms with E-state index in [1.54, 1.807) is 51.1 Å². The van der Waals surface area contributed by atoms with Crippen molar-refractivity contribution in [3.8, 4) is 11.6 Å². The summed E-state index contributed by atoms with van der Waals surface area (Å²) in [5.74, 6) is -0.869. The molecule has 0 atom stereocenters. The normalized spacial score (nSPS) is 11.9. The number of aryl methyl sites for hydroxylation is 1. The van der Waals surface area contributed by atoms with Gasteiger partial charge in [0.1, 0.15) is 0 Å². The highest BCUT2D eigenvalue weighted by Crippen LogP contribution is 2.36. The number of hydrogen-bond acceptors (Lipinski definition) is 7. The smallest absolute Gasteiger partial charge is 0.317 e. The number of rotatable bonds is 5. The lowest BCUT2D eigenvalue weighted by atomic mass is 9.97. The number of nitro groups is 1. The maximum Gasteiger partial charge on any atom is 0.317 e. The monoisotopic (exact) mass is 443 g/mol. The summed E-state index contributed by atoms with van der Waals surface area (Å²) in [5.41, 5.74) is -0.505. The number of nitro benzene ring substituents is 1. The second-order valence-corrected chi connectivity index (χ2v) is 9.75. The molecule has 0 fully saturated rings. The zero-order chi connectivity index (χ0) is 23.0. The molecule has 0 bridgehead atoms. The Labute approximate surface area is 179 Å². The summed E-state index contributed by atoms with van der Waals surface area (Å²) >= 11 is 0. The number of nitrogens with zero attached hydrogens (tertiary/aromatic N) is 3. The van der Waals surface area contributed by atoms with Crippen molar-refractivity contribution in [2.24, 2.45) is 5.41 Å². The molecule has 0 aliphatic heterocycles. The van der Waals surface area contributed by atoms with Crippen LogP contribution in [0.25, 0.3) is 5.69 Å². The largest absolute Gasteiger partial charge is 0.405 e. The predicted octanol–water partition coefficient (Wildman–Crippen LogP) is 3.87. The van der Waals surface area contributed by atoms with Gasteiger partial charge in [0.15, 0.2) is 4.90 Å². The number of para-hydroxylation sites is 1. The number of ether oxygens (including phenoxy) is 1. The number of hydrogen-bond donors (Lipinski definition) is 0. The highest BCUT2D eigenvalue weighted by atomic mass is 32.2. The van der Waals surface area contributed by atoms with Crippen LogP contribution in [0.3, 0.4) is 0 Å². The molecular formula is C21H21N3O6S. The molecule has 0 saturated carbocycles. The molecule has 2 aromatic carbocycles. The molecule has 10 heteroatoms. The van der Waals surface area contributed by atoms with Crippen molar-refractivity contribution in [1.82, 2.24) is 9.78 Å². The van der Waals surface area contributed by atoms with Crippen LogP contribution >= 0.6 is 0 Å². The molecule has 0 spiro atoms. The Morgan fingerprint density at radius 3 is 2.16 bits per heavy atom. The quantitative estimate of drug-likeness (QED) is 0.333. The highest BCUT2D eigenvalue weighted by Gasteiger charge is 2.34. The first-order valence-electron chi connectivity index (χ1n) is 9.30. The molecular weight excluding hydrogens is 422 g/mol. The van der Waals surface area contributed by atoms with E-state index in [2.05, 4.69) is 5.10 Å². The van der Waals surface area contributed by atoms with Crippen molar-refractivity contribution in [3.05, 3.63) is 70.4 Å². The maximum absolute atomic E-state index is 13.4. The summed E-state index contributed by atoms with van der Waals surface area (Å²) in [6, 6.07) is 13.2. The van der Waals surface area contributed by atoms with Gasteiger partial charge in [-0.2, -0.15) is 9.78 Å². The number of aromatic nitrogens is 2. The first-order chi connectivity index (χ1) is 14.4. The van der Waals surface area contributed by atoms with E-state index in [9.17, 15) is 23.3 Å². The van der Waals surface area contributed by atoms with Crippen molar-refractivity contribution < 1.29 is 22.9 Å². The molecule has 9 nitrogen and oxygen atoms in total. The summed E-state index contributed by atoms with van der Waals surface area (Å²) in [4.78, 5) is 22.5. The van der Waals surface area contributed by atoms with Crippen LogP contribution in [-0.4, -0.2) is 29.1 Å². The molecule has 3 aromatic rings. The fourth-order valence-corrected chi connectivity index (χ4v) is 4.26. The van der Waals surface area contributed by atoms with Crippen LogP contribution in [0.1, 0.15) is 26.5 Å². The van der Waals surface area contributed by atoms with Crippen LogP contribution in [0.15, 0.2) is 64.4 Å². The third-order valence-corrected chi connectivity index (χ3v) is 6.29. The molecule has 1 aromatic heterocycles. The van der Waals surface area contributed by atoms with E-state index in [1.165, 1.54) is 11.6 Å². The molecule has 0 N–H and O–H groups in total. The van der Waals surface area contributed by atoms with Gasteiger partial charge in [-0.05, 0) is 52.0 Å². The van der Waals surface area contributed by atoms with Gasteiger partial charge in [-0.15, -0.1) is 0 Å². The fourth-order valence-electron chi connectivity index (χ4n) is 2.74. The van der Waals surface area contributed by atoms with Crippen molar-refractivity contribution in [3.63, 3.8) is 0 Å². The van der Waals surface area contributed by atoms with Crippen LogP contribution in [0.4, 0.5) is 5.69 Å². The highest BCUT2D eigenvalue weighted by molar-refractivity contribution is 7.91. The van der Waals surface area contributed by atoms with Crippen LogP contribution in [-0.2, 0) is 14.6 Å². The van der Waals surface area contributed by atoms with Gasteiger partial charge in [0.05, 0.1) is 26.6 Å². The molecule has 0 unspecified atom stereocenters. The van der Waals surface area contributed by atoms with Crippen molar-refractivity contribution in [1.29, 1.82) is 0 Å². The van der Waals surface area contributed by atoms with Crippen LogP contribution < -0.4 is 4.74 Å². The molecule has 31 heavy (non-hydrogen) atoms. The average molecular weight is 443 g/mol. The van der Waals surface area contributed by atoms with Gasteiger partial charge in [-0.25, -0.2) is 8.42 Å². The molecule has 0 radical (unpaired) electrons. The van der Waals surface area contributed by atoms with E-state index in [0.29, 0.717) is 5.69 Å². The van der Waals surface area contributed by atoms with Gasteiger partial charge in [-0.3, -0.25) is 14.9 Å². The van der Waals surface area contributed by atoms with Gasteiger partial charge in [0.2, 0.25) is 15.7 Å². The van der Waals surface area contributed by atoms with Gasteiger partial charge >= 0.3 is 5.97 Å². The Kier molecular flexibility index (Phi) is 5.68. The van der Waals surface area contributed by atoms with E-state index < -0.39 is 26.1 Å². The van der Waals surface area contributed by atoms with E-state index in [0.717, 1.165) is 24.3 Å². The maximum atomic E-state index is 13.4. The number of benzene rings is 2. The number of carbonyl (C=O) groups is 1. The second kappa shape index (κ2) is 7.95. The molecule has 0 saturated heterocycles. The summed E-state index contributed by atoms with van der Waals surface area (Å²) in [7, 11) is -4.20. The van der Waals surface area contributed by atoms with Crippen LogP contribution in [0, 0.1) is 22.5 Å². The number of sulfone groups is 1. The zero-order valence-corrected chi connectivity index (χ0v) is 18.2. The summed E-state index contributed by atoms with van der Waals surface area (Å²) in [6.45, 7) is 6.44. The third-order valence-electron chi connectivity index (χ3n) is 4.39.